The van der Waals surface area contributed by atoms with Gasteiger partial charge in [-0.2, -0.15) is 0 Å². The van der Waals surface area contributed by atoms with Gasteiger partial charge in [0, 0.05) is 11.6 Å². The molecule has 0 fully saturated rings. The second-order valence-corrected chi connectivity index (χ2v) is 4.01. The molecule has 2 N–H and O–H groups in total. The Morgan fingerprint density at radius 2 is 2.17 bits per heavy atom. The molecule has 1 aromatic carbocycles. The molecule has 18 heavy (non-hydrogen) atoms. The maximum atomic E-state index is 11.0. The first-order chi connectivity index (χ1) is 8.54. The number of hydrogen-bond acceptors (Lipinski definition) is 4. The Morgan fingerprint density at radius 1 is 1.44 bits per heavy atom. The van der Waals surface area contributed by atoms with Gasteiger partial charge >= 0.3 is 5.97 Å². The highest BCUT2D eigenvalue weighted by Crippen LogP contribution is 2.23. The standard InChI is InChI=1S/C12H15ClO5/c1-2-17-6-9(14)7-18-11-4-3-8(13)5-10(11)12(15)16/h3-5,9,14H,2,6-7H2,1H3,(H,15,16). The smallest absolute Gasteiger partial charge is 0.339 e. The van der Waals surface area contributed by atoms with E-state index in [-0.39, 0.29) is 24.5 Å². The van der Waals surface area contributed by atoms with Crippen molar-refractivity contribution in [1.82, 2.24) is 0 Å². The Labute approximate surface area is 110 Å². The van der Waals surface area contributed by atoms with Gasteiger partial charge < -0.3 is 19.7 Å². The van der Waals surface area contributed by atoms with E-state index in [0.717, 1.165) is 0 Å². The lowest BCUT2D eigenvalue weighted by molar-refractivity contribution is 0.0161. The minimum Gasteiger partial charge on any atom is -0.490 e. The van der Waals surface area contributed by atoms with Crippen LogP contribution in [0.1, 0.15) is 17.3 Å². The van der Waals surface area contributed by atoms with Crippen molar-refractivity contribution >= 4 is 17.6 Å². The highest BCUT2D eigenvalue weighted by Gasteiger charge is 2.13. The summed E-state index contributed by atoms with van der Waals surface area (Å²) in [7, 11) is 0. The molecule has 6 heteroatoms. The quantitative estimate of drug-likeness (QED) is 0.793. The van der Waals surface area contributed by atoms with Crippen LogP contribution in [0, 0.1) is 0 Å². The third kappa shape index (κ3) is 4.52. The zero-order chi connectivity index (χ0) is 13.5. The first-order valence-electron chi connectivity index (χ1n) is 5.46. The van der Waals surface area contributed by atoms with E-state index >= 15 is 0 Å². The van der Waals surface area contributed by atoms with Crippen LogP contribution in [0.3, 0.4) is 0 Å². The Hall–Kier alpha value is -1.30. The number of carboxylic acids is 1. The van der Waals surface area contributed by atoms with Gasteiger partial charge in [-0.15, -0.1) is 0 Å². The number of carbonyl (C=O) groups is 1. The first kappa shape index (κ1) is 14.8. The molecule has 1 atom stereocenters. The van der Waals surface area contributed by atoms with Crippen molar-refractivity contribution in [3.63, 3.8) is 0 Å². The number of aromatic carboxylic acids is 1. The highest BCUT2D eigenvalue weighted by molar-refractivity contribution is 6.31. The average Bonchev–Trinajstić information content (AvgIpc) is 2.34. The summed E-state index contributed by atoms with van der Waals surface area (Å²) in [6.45, 7) is 2.42. The number of rotatable bonds is 7. The van der Waals surface area contributed by atoms with Gasteiger partial charge in [0.2, 0.25) is 0 Å². The molecular weight excluding hydrogens is 260 g/mol. The molecule has 0 aliphatic carbocycles. The van der Waals surface area contributed by atoms with E-state index in [2.05, 4.69) is 0 Å². The maximum Gasteiger partial charge on any atom is 0.339 e. The third-order valence-electron chi connectivity index (χ3n) is 2.12. The molecule has 0 aliphatic heterocycles. The Morgan fingerprint density at radius 3 is 2.78 bits per heavy atom. The van der Waals surface area contributed by atoms with Gasteiger partial charge in [-0.1, -0.05) is 11.6 Å². The number of carboxylic acid groups (broad SMARTS) is 1. The molecule has 5 nitrogen and oxygen atoms in total. The van der Waals surface area contributed by atoms with Crippen molar-refractivity contribution in [1.29, 1.82) is 0 Å². The van der Waals surface area contributed by atoms with E-state index in [0.29, 0.717) is 11.6 Å². The number of hydrogen-bond donors (Lipinski definition) is 2. The van der Waals surface area contributed by atoms with E-state index in [1.54, 1.807) is 0 Å². The van der Waals surface area contributed by atoms with Crippen molar-refractivity contribution in [3.05, 3.63) is 28.8 Å². The predicted octanol–water partition coefficient (Wildman–Crippen LogP) is 1.81. The molecular formula is C12H15ClO5. The van der Waals surface area contributed by atoms with Crippen LogP contribution in [0.25, 0.3) is 0 Å². The Kier molecular flexibility index (Phi) is 5.91. The first-order valence-corrected chi connectivity index (χ1v) is 5.83. The predicted molar refractivity (Wildman–Crippen MR) is 66.4 cm³/mol. The molecule has 0 aromatic heterocycles. The Balaban J connectivity index is 2.64. The molecule has 0 radical (unpaired) electrons. The van der Waals surface area contributed by atoms with Gasteiger partial charge in [0.25, 0.3) is 0 Å². The van der Waals surface area contributed by atoms with E-state index in [9.17, 15) is 9.90 Å². The zero-order valence-electron chi connectivity index (χ0n) is 9.93. The van der Waals surface area contributed by atoms with Crippen molar-refractivity contribution in [2.24, 2.45) is 0 Å². The van der Waals surface area contributed by atoms with Crippen molar-refractivity contribution in [2.75, 3.05) is 19.8 Å². The van der Waals surface area contributed by atoms with Gasteiger partial charge in [-0.3, -0.25) is 0 Å². The van der Waals surface area contributed by atoms with Crippen molar-refractivity contribution in [3.8, 4) is 5.75 Å². The SMILES string of the molecule is CCOCC(O)COc1ccc(Cl)cc1C(=O)O. The molecule has 1 rings (SSSR count). The highest BCUT2D eigenvalue weighted by atomic mass is 35.5. The second kappa shape index (κ2) is 7.20. The van der Waals surface area contributed by atoms with E-state index in [1.165, 1.54) is 18.2 Å². The summed E-state index contributed by atoms with van der Waals surface area (Å²) in [6, 6.07) is 4.28. The molecule has 0 bridgehead atoms. The fraction of sp³-hybridized carbons (Fsp3) is 0.417. The van der Waals surface area contributed by atoms with Crippen molar-refractivity contribution < 1.29 is 24.5 Å². The molecule has 1 aromatic rings. The molecule has 0 heterocycles. The van der Waals surface area contributed by atoms with Crippen LogP contribution in [0.2, 0.25) is 5.02 Å². The lowest BCUT2D eigenvalue weighted by atomic mass is 10.2. The van der Waals surface area contributed by atoms with E-state index in [1.807, 2.05) is 6.92 Å². The van der Waals surface area contributed by atoms with Gasteiger partial charge in [-0.25, -0.2) is 4.79 Å². The van der Waals surface area contributed by atoms with Crippen LogP contribution in [-0.2, 0) is 4.74 Å². The molecule has 0 saturated carbocycles. The number of aliphatic hydroxyl groups is 1. The number of aliphatic hydroxyl groups excluding tert-OH is 1. The van der Waals surface area contributed by atoms with Gasteiger partial charge in [0.15, 0.2) is 0 Å². The molecule has 0 spiro atoms. The molecule has 100 valence electrons. The number of benzene rings is 1. The van der Waals surface area contributed by atoms with Crippen molar-refractivity contribution in [2.45, 2.75) is 13.0 Å². The fourth-order valence-corrected chi connectivity index (χ4v) is 1.46. The normalized spacial score (nSPS) is 12.2. The summed E-state index contributed by atoms with van der Waals surface area (Å²) in [5.41, 5.74) is -0.0360. The average molecular weight is 275 g/mol. The third-order valence-corrected chi connectivity index (χ3v) is 2.35. The molecule has 0 aliphatic rings. The second-order valence-electron chi connectivity index (χ2n) is 3.57. The number of ether oxygens (including phenoxy) is 2. The van der Waals surface area contributed by atoms with Crippen LogP contribution < -0.4 is 4.74 Å². The largest absolute Gasteiger partial charge is 0.490 e. The van der Waals surface area contributed by atoms with Crippen LogP contribution in [0.5, 0.6) is 5.75 Å². The minimum absolute atomic E-state index is 0.0360. The van der Waals surface area contributed by atoms with Gasteiger partial charge in [0.05, 0.1) is 6.61 Å². The van der Waals surface area contributed by atoms with E-state index < -0.39 is 12.1 Å². The molecule has 0 saturated heterocycles. The lowest BCUT2D eigenvalue weighted by Crippen LogP contribution is -2.24. The summed E-state index contributed by atoms with van der Waals surface area (Å²) in [4.78, 5) is 11.0. The molecule has 1 unspecified atom stereocenters. The maximum absolute atomic E-state index is 11.0. The summed E-state index contributed by atoms with van der Waals surface area (Å²) in [5, 5.41) is 18.8. The topological polar surface area (TPSA) is 76.0 Å². The summed E-state index contributed by atoms with van der Waals surface area (Å²) in [6.07, 6.45) is -0.803. The minimum atomic E-state index is -1.13. The summed E-state index contributed by atoms with van der Waals surface area (Å²) >= 11 is 5.70. The van der Waals surface area contributed by atoms with Crippen LogP contribution in [0.15, 0.2) is 18.2 Å². The van der Waals surface area contributed by atoms with Crippen LogP contribution in [-0.4, -0.2) is 42.1 Å². The lowest BCUT2D eigenvalue weighted by Gasteiger charge is -2.13. The van der Waals surface area contributed by atoms with E-state index in [4.69, 9.17) is 26.2 Å². The summed E-state index contributed by atoms with van der Waals surface area (Å²) in [5.74, 6) is -0.964. The monoisotopic (exact) mass is 274 g/mol. The van der Waals surface area contributed by atoms with Crippen LogP contribution >= 0.6 is 11.6 Å². The summed E-state index contributed by atoms with van der Waals surface area (Å²) < 4.78 is 10.3. The van der Waals surface area contributed by atoms with Gasteiger partial charge in [0.1, 0.15) is 24.0 Å². The fourth-order valence-electron chi connectivity index (χ4n) is 1.28. The molecule has 0 amide bonds. The number of halogens is 1. The van der Waals surface area contributed by atoms with Gasteiger partial charge in [-0.05, 0) is 25.1 Å². The van der Waals surface area contributed by atoms with Crippen LogP contribution in [0.4, 0.5) is 0 Å². The Bertz CT molecular complexity index is 407. The zero-order valence-corrected chi connectivity index (χ0v) is 10.7.